The second kappa shape index (κ2) is 6.26. The first kappa shape index (κ1) is 11.7. The van der Waals surface area contributed by atoms with Crippen molar-refractivity contribution in [2.24, 2.45) is 5.92 Å². The number of rotatable bonds is 5. The number of aliphatic hydroxyl groups is 1. The molecule has 0 bridgehead atoms. The summed E-state index contributed by atoms with van der Waals surface area (Å²) in [5.74, 6) is 0.184. The fourth-order valence-electron chi connectivity index (χ4n) is 1.01. The Morgan fingerprint density at radius 2 is 2.17 bits per heavy atom. The third-order valence-corrected chi connectivity index (χ3v) is 1.71. The van der Waals surface area contributed by atoms with Crippen LogP contribution in [0.25, 0.3) is 0 Å². The molecule has 0 aromatic rings. The fourth-order valence-corrected chi connectivity index (χ4v) is 1.09. The summed E-state index contributed by atoms with van der Waals surface area (Å²) < 4.78 is 0. The molecule has 4 heteroatoms. The van der Waals surface area contributed by atoms with Gasteiger partial charge < -0.3 is 10.4 Å². The molecule has 72 valence electrons. The van der Waals surface area contributed by atoms with Crippen LogP contribution in [-0.2, 0) is 4.79 Å². The highest BCUT2D eigenvalue weighted by molar-refractivity contribution is 6.27. The zero-order valence-corrected chi connectivity index (χ0v) is 8.27. The molecular weight excluding hydrogens is 178 g/mol. The lowest BCUT2D eigenvalue weighted by atomic mass is 10.0. The molecule has 0 aliphatic heterocycles. The molecule has 12 heavy (non-hydrogen) atoms. The van der Waals surface area contributed by atoms with E-state index in [0.717, 1.165) is 6.42 Å². The van der Waals surface area contributed by atoms with Crippen LogP contribution in [0.15, 0.2) is 0 Å². The van der Waals surface area contributed by atoms with Crippen LogP contribution in [0.1, 0.15) is 20.3 Å². The van der Waals surface area contributed by atoms with E-state index in [1.165, 1.54) is 0 Å². The molecule has 0 rings (SSSR count). The van der Waals surface area contributed by atoms with Crippen LogP contribution < -0.4 is 5.32 Å². The number of carbonyl (C=O) groups is 1. The van der Waals surface area contributed by atoms with E-state index in [-0.39, 0.29) is 24.4 Å². The zero-order valence-electron chi connectivity index (χ0n) is 7.51. The number of aliphatic hydroxyl groups excluding tert-OH is 1. The Bertz CT molecular complexity index is 139. The lowest BCUT2D eigenvalue weighted by molar-refractivity contribution is -0.119. The normalized spacial score (nSPS) is 13.1. The molecular formula is C8H16ClNO2. The molecule has 0 unspecified atom stereocenters. The van der Waals surface area contributed by atoms with E-state index in [0.29, 0.717) is 5.92 Å². The van der Waals surface area contributed by atoms with Crippen molar-refractivity contribution in [2.75, 3.05) is 12.5 Å². The van der Waals surface area contributed by atoms with Crippen LogP contribution in [0.3, 0.4) is 0 Å². The van der Waals surface area contributed by atoms with Gasteiger partial charge in [-0.2, -0.15) is 0 Å². The number of halogens is 1. The summed E-state index contributed by atoms with van der Waals surface area (Å²) in [5, 5.41) is 11.5. The minimum Gasteiger partial charge on any atom is -0.394 e. The minimum absolute atomic E-state index is 0.0270. The topological polar surface area (TPSA) is 49.3 Å². The second-order valence-corrected chi connectivity index (χ2v) is 3.48. The van der Waals surface area contributed by atoms with E-state index < -0.39 is 0 Å². The SMILES string of the molecule is CC(C)C[C@@H](CO)NC(=O)CCl. The van der Waals surface area contributed by atoms with Crippen molar-refractivity contribution in [3.8, 4) is 0 Å². The number of nitrogens with one attached hydrogen (secondary N) is 1. The van der Waals surface area contributed by atoms with E-state index in [2.05, 4.69) is 5.32 Å². The van der Waals surface area contributed by atoms with Crippen molar-refractivity contribution >= 4 is 17.5 Å². The lowest BCUT2D eigenvalue weighted by Crippen LogP contribution is -2.39. The average molecular weight is 194 g/mol. The fraction of sp³-hybridized carbons (Fsp3) is 0.875. The highest BCUT2D eigenvalue weighted by Gasteiger charge is 2.11. The van der Waals surface area contributed by atoms with Crippen molar-refractivity contribution in [1.29, 1.82) is 0 Å². The van der Waals surface area contributed by atoms with Crippen molar-refractivity contribution in [1.82, 2.24) is 5.32 Å². The number of amides is 1. The number of hydrogen-bond donors (Lipinski definition) is 2. The average Bonchev–Trinajstić information content (AvgIpc) is 2.02. The van der Waals surface area contributed by atoms with Crippen molar-refractivity contribution in [3.05, 3.63) is 0 Å². The van der Waals surface area contributed by atoms with Gasteiger partial charge >= 0.3 is 0 Å². The molecule has 2 N–H and O–H groups in total. The van der Waals surface area contributed by atoms with Gasteiger partial charge in [-0.15, -0.1) is 11.6 Å². The van der Waals surface area contributed by atoms with Gasteiger partial charge in [0.15, 0.2) is 0 Å². The summed E-state index contributed by atoms with van der Waals surface area (Å²) in [6.45, 7) is 4.05. The molecule has 1 atom stereocenters. The van der Waals surface area contributed by atoms with Gasteiger partial charge in [-0.25, -0.2) is 0 Å². The monoisotopic (exact) mass is 193 g/mol. The van der Waals surface area contributed by atoms with Gasteiger partial charge in [0.25, 0.3) is 0 Å². The molecule has 1 amide bonds. The van der Waals surface area contributed by atoms with Gasteiger partial charge in [-0.3, -0.25) is 4.79 Å². The molecule has 0 saturated heterocycles. The maximum absolute atomic E-state index is 10.8. The molecule has 0 radical (unpaired) electrons. The quantitative estimate of drug-likeness (QED) is 0.634. The molecule has 0 aromatic carbocycles. The lowest BCUT2D eigenvalue weighted by Gasteiger charge is -2.17. The Labute approximate surface area is 78.1 Å². The third-order valence-electron chi connectivity index (χ3n) is 1.46. The first-order valence-corrected chi connectivity index (χ1v) is 4.59. The number of carbonyl (C=O) groups excluding carboxylic acids is 1. The van der Waals surface area contributed by atoms with E-state index in [1.807, 2.05) is 13.8 Å². The Hall–Kier alpha value is -0.280. The van der Waals surface area contributed by atoms with Crippen LogP contribution in [0.2, 0.25) is 0 Å². The first-order valence-electron chi connectivity index (χ1n) is 4.06. The van der Waals surface area contributed by atoms with Crippen molar-refractivity contribution in [2.45, 2.75) is 26.3 Å². The van der Waals surface area contributed by atoms with Gasteiger partial charge in [-0.05, 0) is 12.3 Å². The maximum atomic E-state index is 10.8. The Morgan fingerprint density at radius 1 is 1.58 bits per heavy atom. The highest BCUT2D eigenvalue weighted by Crippen LogP contribution is 2.03. The summed E-state index contributed by atoms with van der Waals surface area (Å²) in [5.41, 5.74) is 0. The van der Waals surface area contributed by atoms with Crippen LogP contribution in [0.5, 0.6) is 0 Å². The largest absolute Gasteiger partial charge is 0.394 e. The molecule has 0 aliphatic carbocycles. The van der Waals surface area contributed by atoms with Gasteiger partial charge in [0, 0.05) is 0 Å². The number of hydrogen-bond acceptors (Lipinski definition) is 2. The Morgan fingerprint density at radius 3 is 2.50 bits per heavy atom. The van der Waals surface area contributed by atoms with Gasteiger partial charge in [0.05, 0.1) is 12.6 Å². The van der Waals surface area contributed by atoms with Crippen molar-refractivity contribution in [3.63, 3.8) is 0 Å². The molecule has 0 spiro atoms. The highest BCUT2D eigenvalue weighted by atomic mass is 35.5. The van der Waals surface area contributed by atoms with Crippen LogP contribution in [-0.4, -0.2) is 29.5 Å². The third kappa shape index (κ3) is 5.38. The predicted octanol–water partition coefficient (Wildman–Crippen LogP) is 0.748. The minimum atomic E-state index is -0.226. The molecule has 0 aliphatic rings. The summed E-state index contributed by atoms with van der Waals surface area (Å²) >= 11 is 5.30. The maximum Gasteiger partial charge on any atom is 0.235 e. The Kier molecular flexibility index (Phi) is 6.11. The molecule has 0 heterocycles. The van der Waals surface area contributed by atoms with Crippen LogP contribution >= 0.6 is 11.6 Å². The summed E-state index contributed by atoms with van der Waals surface area (Å²) in [6.07, 6.45) is 0.777. The van der Waals surface area contributed by atoms with Crippen molar-refractivity contribution < 1.29 is 9.90 Å². The summed E-state index contributed by atoms with van der Waals surface area (Å²) in [4.78, 5) is 10.8. The van der Waals surface area contributed by atoms with Gasteiger partial charge in [-0.1, -0.05) is 13.8 Å². The first-order chi connectivity index (χ1) is 5.60. The number of alkyl halides is 1. The zero-order chi connectivity index (χ0) is 9.56. The van der Waals surface area contributed by atoms with Gasteiger partial charge in [0.2, 0.25) is 5.91 Å². The molecule has 0 saturated carbocycles. The molecule has 0 fully saturated rings. The van der Waals surface area contributed by atoms with E-state index in [1.54, 1.807) is 0 Å². The predicted molar refractivity (Wildman–Crippen MR) is 49.2 cm³/mol. The van der Waals surface area contributed by atoms with E-state index in [4.69, 9.17) is 16.7 Å². The van der Waals surface area contributed by atoms with E-state index in [9.17, 15) is 4.79 Å². The molecule has 0 aromatic heterocycles. The van der Waals surface area contributed by atoms with Gasteiger partial charge in [0.1, 0.15) is 5.88 Å². The van der Waals surface area contributed by atoms with Crippen LogP contribution in [0, 0.1) is 5.92 Å². The molecule has 3 nitrogen and oxygen atoms in total. The standard InChI is InChI=1S/C8H16ClNO2/c1-6(2)3-7(5-11)10-8(12)4-9/h6-7,11H,3-5H2,1-2H3,(H,10,12)/t7-/m0/s1. The van der Waals surface area contributed by atoms with Crippen LogP contribution in [0.4, 0.5) is 0 Å². The van der Waals surface area contributed by atoms with E-state index >= 15 is 0 Å². The second-order valence-electron chi connectivity index (χ2n) is 3.21. The smallest absolute Gasteiger partial charge is 0.235 e. The Balaban J connectivity index is 3.74. The summed E-state index contributed by atoms with van der Waals surface area (Å²) in [7, 11) is 0. The summed E-state index contributed by atoms with van der Waals surface area (Å²) in [6, 6.07) is -0.156.